The fraction of sp³-hybridized carbons (Fsp3) is 0.600. The Morgan fingerprint density at radius 3 is 2.38 bits per heavy atom. The lowest BCUT2D eigenvalue weighted by atomic mass is 10.0. The SMILES string of the molecule is CCCCCCCCc1ccc(C)cc1O. The van der Waals surface area contributed by atoms with Gasteiger partial charge < -0.3 is 5.11 Å². The van der Waals surface area contributed by atoms with Crippen molar-refractivity contribution < 1.29 is 5.11 Å². The molecule has 0 bridgehead atoms. The summed E-state index contributed by atoms with van der Waals surface area (Å²) < 4.78 is 0. The second-order valence-electron chi connectivity index (χ2n) is 4.65. The number of phenolic OH excluding ortho intramolecular Hbond substituents is 1. The highest BCUT2D eigenvalue weighted by Crippen LogP contribution is 2.20. The van der Waals surface area contributed by atoms with Crippen LogP contribution >= 0.6 is 0 Å². The van der Waals surface area contributed by atoms with Gasteiger partial charge in [-0.2, -0.15) is 0 Å². The van der Waals surface area contributed by atoms with E-state index in [4.69, 9.17) is 0 Å². The van der Waals surface area contributed by atoms with E-state index in [2.05, 4.69) is 19.1 Å². The van der Waals surface area contributed by atoms with E-state index >= 15 is 0 Å². The van der Waals surface area contributed by atoms with Crippen molar-refractivity contribution in [2.45, 2.75) is 58.8 Å². The molecule has 1 nitrogen and oxygen atoms in total. The van der Waals surface area contributed by atoms with Crippen molar-refractivity contribution in [3.05, 3.63) is 29.3 Å². The van der Waals surface area contributed by atoms with Crippen LogP contribution in [0.5, 0.6) is 5.75 Å². The van der Waals surface area contributed by atoms with E-state index < -0.39 is 0 Å². The molecule has 1 aromatic carbocycles. The molecule has 0 aliphatic rings. The average Bonchev–Trinajstić information content (AvgIpc) is 2.26. The normalized spacial score (nSPS) is 10.6. The Bertz CT molecular complexity index is 304. The molecule has 90 valence electrons. The van der Waals surface area contributed by atoms with Gasteiger partial charge in [0, 0.05) is 0 Å². The molecular weight excluding hydrogens is 196 g/mol. The maximum absolute atomic E-state index is 9.73. The number of unbranched alkanes of at least 4 members (excludes halogenated alkanes) is 5. The molecule has 0 aliphatic carbocycles. The lowest BCUT2D eigenvalue weighted by Gasteiger charge is -2.05. The minimum absolute atomic E-state index is 0.466. The van der Waals surface area contributed by atoms with Gasteiger partial charge in [0.2, 0.25) is 0 Å². The molecule has 1 aromatic rings. The van der Waals surface area contributed by atoms with Crippen LogP contribution in [0.4, 0.5) is 0 Å². The Morgan fingerprint density at radius 1 is 1.00 bits per heavy atom. The molecule has 1 rings (SSSR count). The molecule has 1 N–H and O–H groups in total. The van der Waals surface area contributed by atoms with Crippen LogP contribution in [0.2, 0.25) is 0 Å². The second kappa shape index (κ2) is 7.32. The van der Waals surface area contributed by atoms with E-state index in [9.17, 15) is 5.11 Å². The Morgan fingerprint density at radius 2 is 1.69 bits per heavy atom. The molecular formula is C15H24O. The molecule has 0 aromatic heterocycles. The van der Waals surface area contributed by atoms with Crippen molar-refractivity contribution in [2.24, 2.45) is 0 Å². The highest BCUT2D eigenvalue weighted by Gasteiger charge is 2.00. The van der Waals surface area contributed by atoms with Gasteiger partial charge in [0.15, 0.2) is 0 Å². The van der Waals surface area contributed by atoms with Crippen LogP contribution in [0.15, 0.2) is 18.2 Å². The van der Waals surface area contributed by atoms with Crippen LogP contribution in [0.25, 0.3) is 0 Å². The molecule has 0 aliphatic heterocycles. The van der Waals surface area contributed by atoms with E-state index in [1.165, 1.54) is 38.5 Å². The van der Waals surface area contributed by atoms with Gasteiger partial charge in [0.05, 0.1) is 0 Å². The summed E-state index contributed by atoms with van der Waals surface area (Å²) in [5.41, 5.74) is 2.23. The molecule has 0 unspecified atom stereocenters. The van der Waals surface area contributed by atoms with E-state index in [1.807, 2.05) is 13.0 Å². The van der Waals surface area contributed by atoms with Gasteiger partial charge >= 0.3 is 0 Å². The van der Waals surface area contributed by atoms with Gasteiger partial charge in [-0.05, 0) is 37.0 Å². The van der Waals surface area contributed by atoms with Crippen LogP contribution in [0.1, 0.15) is 56.6 Å². The number of benzene rings is 1. The van der Waals surface area contributed by atoms with Gasteiger partial charge in [-0.25, -0.2) is 0 Å². The third-order valence-corrected chi connectivity index (χ3v) is 3.04. The second-order valence-corrected chi connectivity index (χ2v) is 4.65. The van der Waals surface area contributed by atoms with Gasteiger partial charge in [-0.1, -0.05) is 51.2 Å². The maximum Gasteiger partial charge on any atom is 0.119 e. The summed E-state index contributed by atoms with van der Waals surface area (Å²) in [6, 6.07) is 5.98. The summed E-state index contributed by atoms with van der Waals surface area (Å²) in [7, 11) is 0. The molecule has 1 heteroatoms. The molecule has 0 atom stereocenters. The Balaban J connectivity index is 2.21. The molecule has 16 heavy (non-hydrogen) atoms. The summed E-state index contributed by atoms with van der Waals surface area (Å²) in [5.74, 6) is 0.466. The minimum Gasteiger partial charge on any atom is -0.508 e. The van der Waals surface area contributed by atoms with Gasteiger partial charge in [-0.15, -0.1) is 0 Å². The van der Waals surface area contributed by atoms with E-state index in [-0.39, 0.29) is 0 Å². The first-order chi connectivity index (χ1) is 7.74. The van der Waals surface area contributed by atoms with Crippen molar-refractivity contribution in [3.8, 4) is 5.75 Å². The lowest BCUT2D eigenvalue weighted by molar-refractivity contribution is 0.465. The quantitative estimate of drug-likeness (QED) is 0.666. The highest BCUT2D eigenvalue weighted by molar-refractivity contribution is 5.35. The summed E-state index contributed by atoms with van der Waals surface area (Å²) in [4.78, 5) is 0. The Kier molecular flexibility index (Phi) is 5.99. The van der Waals surface area contributed by atoms with Gasteiger partial charge in [0.1, 0.15) is 5.75 Å². The first-order valence-corrected chi connectivity index (χ1v) is 6.52. The first-order valence-electron chi connectivity index (χ1n) is 6.52. The smallest absolute Gasteiger partial charge is 0.119 e. The van der Waals surface area contributed by atoms with Crippen molar-refractivity contribution >= 4 is 0 Å². The Hall–Kier alpha value is -0.980. The summed E-state index contributed by atoms with van der Waals surface area (Å²) >= 11 is 0. The zero-order valence-corrected chi connectivity index (χ0v) is 10.6. The van der Waals surface area contributed by atoms with E-state index in [1.54, 1.807) is 0 Å². The van der Waals surface area contributed by atoms with Crippen LogP contribution in [0, 0.1) is 6.92 Å². The molecule has 0 spiro atoms. The predicted octanol–water partition coefficient (Wildman–Crippen LogP) is 4.60. The fourth-order valence-corrected chi connectivity index (χ4v) is 1.98. The number of aromatic hydroxyl groups is 1. The largest absolute Gasteiger partial charge is 0.508 e. The number of rotatable bonds is 7. The molecule has 0 amide bonds. The van der Waals surface area contributed by atoms with Gasteiger partial charge in [0.25, 0.3) is 0 Å². The topological polar surface area (TPSA) is 20.2 Å². The molecule has 0 fully saturated rings. The molecule has 0 saturated carbocycles. The summed E-state index contributed by atoms with van der Waals surface area (Å²) in [5, 5.41) is 9.73. The summed E-state index contributed by atoms with van der Waals surface area (Å²) in [6.07, 6.45) is 8.84. The zero-order valence-electron chi connectivity index (χ0n) is 10.6. The standard InChI is InChI=1S/C15H24O/c1-3-4-5-6-7-8-9-14-11-10-13(2)12-15(14)16/h10-12,16H,3-9H2,1-2H3. The van der Waals surface area contributed by atoms with Crippen molar-refractivity contribution in [1.29, 1.82) is 0 Å². The molecule has 0 saturated heterocycles. The van der Waals surface area contributed by atoms with Crippen LogP contribution < -0.4 is 0 Å². The number of aryl methyl sites for hydroxylation is 2. The monoisotopic (exact) mass is 220 g/mol. The Labute approximate surface area is 99.5 Å². The lowest BCUT2D eigenvalue weighted by Crippen LogP contribution is -1.88. The molecule has 0 radical (unpaired) electrons. The minimum atomic E-state index is 0.466. The van der Waals surface area contributed by atoms with E-state index in [0.717, 1.165) is 17.5 Å². The van der Waals surface area contributed by atoms with Crippen molar-refractivity contribution in [3.63, 3.8) is 0 Å². The fourth-order valence-electron chi connectivity index (χ4n) is 1.98. The van der Waals surface area contributed by atoms with Crippen molar-refractivity contribution in [1.82, 2.24) is 0 Å². The average molecular weight is 220 g/mol. The number of hydrogen-bond donors (Lipinski definition) is 1. The third-order valence-electron chi connectivity index (χ3n) is 3.04. The maximum atomic E-state index is 9.73. The van der Waals surface area contributed by atoms with Gasteiger partial charge in [-0.3, -0.25) is 0 Å². The summed E-state index contributed by atoms with van der Waals surface area (Å²) in [6.45, 7) is 4.25. The first kappa shape index (κ1) is 13.1. The third kappa shape index (κ3) is 4.69. The molecule has 0 heterocycles. The zero-order chi connectivity index (χ0) is 11.8. The van der Waals surface area contributed by atoms with Crippen LogP contribution in [0.3, 0.4) is 0 Å². The highest BCUT2D eigenvalue weighted by atomic mass is 16.3. The van der Waals surface area contributed by atoms with Crippen LogP contribution in [-0.2, 0) is 6.42 Å². The van der Waals surface area contributed by atoms with E-state index in [0.29, 0.717) is 5.75 Å². The number of phenols is 1. The number of hydrogen-bond acceptors (Lipinski definition) is 1. The van der Waals surface area contributed by atoms with Crippen LogP contribution in [-0.4, -0.2) is 5.11 Å². The van der Waals surface area contributed by atoms with Crippen molar-refractivity contribution in [2.75, 3.05) is 0 Å². The predicted molar refractivity (Wildman–Crippen MR) is 69.9 cm³/mol.